The van der Waals surface area contributed by atoms with Gasteiger partial charge < -0.3 is 4.74 Å². The van der Waals surface area contributed by atoms with E-state index in [1.807, 2.05) is 0 Å². The number of ether oxygens (including phenoxy) is 1. The van der Waals surface area contributed by atoms with Crippen LogP contribution < -0.4 is 0 Å². The maximum atomic E-state index is 6.22. The molecule has 2 unspecified atom stereocenters. The van der Waals surface area contributed by atoms with E-state index in [0.29, 0.717) is 0 Å². The summed E-state index contributed by atoms with van der Waals surface area (Å²) in [6.45, 7) is 11.1. The molecule has 1 heterocycles. The van der Waals surface area contributed by atoms with Gasteiger partial charge in [-0.3, -0.25) is 0 Å². The second-order valence-corrected chi connectivity index (χ2v) is 7.52. The monoisotopic (exact) mass is 301 g/mol. The summed E-state index contributed by atoms with van der Waals surface area (Å²) in [5, 5.41) is 0. The number of aliphatic imine (C=N–C) groups is 1. The lowest BCUT2D eigenvalue weighted by atomic mass is 9.76. The van der Waals surface area contributed by atoms with Gasteiger partial charge in [-0.1, -0.05) is 56.5 Å². The fourth-order valence-corrected chi connectivity index (χ4v) is 3.45. The van der Waals surface area contributed by atoms with Crippen molar-refractivity contribution < 1.29 is 4.74 Å². The summed E-state index contributed by atoms with van der Waals surface area (Å²) in [5.74, 6) is 0.929. The molecule has 0 amide bonds. The molecule has 0 bridgehead atoms. The third-order valence-corrected chi connectivity index (χ3v) is 4.67. The Morgan fingerprint density at radius 1 is 1.23 bits per heavy atom. The van der Waals surface area contributed by atoms with Gasteiger partial charge in [0.15, 0.2) is 5.90 Å². The van der Waals surface area contributed by atoms with Gasteiger partial charge in [0.25, 0.3) is 0 Å². The summed E-state index contributed by atoms with van der Waals surface area (Å²) in [6, 6.07) is 10.7. The van der Waals surface area contributed by atoms with Crippen LogP contribution in [-0.2, 0) is 10.2 Å². The van der Waals surface area contributed by atoms with E-state index in [4.69, 9.17) is 9.73 Å². The molecular formula is C20H31NO. The summed E-state index contributed by atoms with van der Waals surface area (Å²) in [5.41, 5.74) is 1.16. The minimum atomic E-state index is -0.123. The normalized spacial score (nSPS) is 23.3. The van der Waals surface area contributed by atoms with E-state index in [0.717, 1.165) is 18.7 Å². The quantitative estimate of drug-likeness (QED) is 0.635. The maximum absolute atomic E-state index is 6.22. The predicted octanol–water partition coefficient (Wildman–Crippen LogP) is 5.51. The van der Waals surface area contributed by atoms with E-state index in [1.54, 1.807) is 0 Å². The van der Waals surface area contributed by atoms with Crippen molar-refractivity contribution in [2.75, 3.05) is 0 Å². The van der Waals surface area contributed by atoms with Crippen LogP contribution in [0.4, 0.5) is 0 Å². The van der Waals surface area contributed by atoms with Crippen molar-refractivity contribution in [3.63, 3.8) is 0 Å². The fraction of sp³-hybridized carbons (Fsp3) is 0.650. The number of rotatable bonds is 6. The van der Waals surface area contributed by atoms with E-state index in [2.05, 4.69) is 65.0 Å². The third kappa shape index (κ3) is 3.91. The lowest BCUT2D eigenvalue weighted by Crippen LogP contribution is -2.43. The zero-order valence-electron chi connectivity index (χ0n) is 14.9. The van der Waals surface area contributed by atoms with Crippen LogP contribution in [0.2, 0.25) is 0 Å². The van der Waals surface area contributed by atoms with E-state index < -0.39 is 0 Å². The van der Waals surface area contributed by atoms with Crippen molar-refractivity contribution in [3.05, 3.63) is 35.9 Å². The Labute approximate surface area is 136 Å². The summed E-state index contributed by atoms with van der Waals surface area (Å²) in [7, 11) is 0. The van der Waals surface area contributed by atoms with Crippen LogP contribution in [0, 0.1) is 0 Å². The van der Waals surface area contributed by atoms with Gasteiger partial charge in [0.1, 0.15) is 0 Å². The van der Waals surface area contributed by atoms with Crippen LogP contribution in [0.1, 0.15) is 72.3 Å². The molecule has 2 atom stereocenters. The first kappa shape index (κ1) is 17.1. The number of unbranched alkanes of at least 4 members (excludes halogenated alkanes) is 2. The number of nitrogens with zero attached hydrogens (tertiary/aromatic N) is 1. The number of benzene rings is 1. The van der Waals surface area contributed by atoms with Crippen LogP contribution in [0.15, 0.2) is 35.3 Å². The maximum Gasteiger partial charge on any atom is 0.194 e. The minimum Gasteiger partial charge on any atom is -0.477 e. The first-order chi connectivity index (χ1) is 10.4. The van der Waals surface area contributed by atoms with Gasteiger partial charge in [0.2, 0.25) is 0 Å². The molecule has 22 heavy (non-hydrogen) atoms. The van der Waals surface area contributed by atoms with Crippen molar-refractivity contribution in [3.8, 4) is 0 Å². The topological polar surface area (TPSA) is 21.6 Å². The molecule has 0 radical (unpaired) electrons. The van der Waals surface area contributed by atoms with Crippen LogP contribution in [0.5, 0.6) is 0 Å². The Morgan fingerprint density at radius 3 is 2.50 bits per heavy atom. The number of hydrogen-bond donors (Lipinski definition) is 0. The van der Waals surface area contributed by atoms with Crippen molar-refractivity contribution >= 4 is 5.90 Å². The van der Waals surface area contributed by atoms with Gasteiger partial charge in [0, 0.05) is 6.42 Å². The molecule has 0 aromatic heterocycles. The molecule has 2 rings (SSSR count). The molecule has 2 nitrogen and oxygen atoms in total. The van der Waals surface area contributed by atoms with E-state index in [9.17, 15) is 0 Å². The van der Waals surface area contributed by atoms with E-state index >= 15 is 0 Å². The Balaban J connectivity index is 2.38. The highest BCUT2D eigenvalue weighted by Crippen LogP contribution is 2.37. The fourth-order valence-electron chi connectivity index (χ4n) is 3.45. The standard InChI is InChI=1S/C20H31NO/c1-6-7-11-14-20(5,17-12-9-8-10-13-17)18-21-19(3,4)15-16(2)22-18/h8-10,12-13,16H,6-7,11,14-15H2,1-5H3. The molecule has 1 aliphatic heterocycles. The first-order valence-electron chi connectivity index (χ1n) is 8.70. The number of hydrogen-bond acceptors (Lipinski definition) is 2. The summed E-state index contributed by atoms with van der Waals surface area (Å²) >= 11 is 0. The molecule has 0 N–H and O–H groups in total. The molecule has 0 saturated carbocycles. The highest BCUT2D eigenvalue weighted by molar-refractivity contribution is 5.88. The zero-order valence-corrected chi connectivity index (χ0v) is 14.9. The lowest BCUT2D eigenvalue weighted by molar-refractivity contribution is 0.126. The van der Waals surface area contributed by atoms with Crippen LogP contribution in [-0.4, -0.2) is 17.5 Å². The summed E-state index contributed by atoms with van der Waals surface area (Å²) < 4.78 is 6.22. The molecule has 1 aliphatic rings. The van der Waals surface area contributed by atoms with Gasteiger partial charge in [-0.25, -0.2) is 4.99 Å². The third-order valence-electron chi connectivity index (χ3n) is 4.67. The van der Waals surface area contributed by atoms with Crippen LogP contribution in [0.25, 0.3) is 0 Å². The lowest BCUT2D eigenvalue weighted by Gasteiger charge is -2.39. The summed E-state index contributed by atoms with van der Waals surface area (Å²) in [4.78, 5) is 4.99. The molecule has 0 aliphatic carbocycles. The predicted molar refractivity (Wildman–Crippen MR) is 94.6 cm³/mol. The second-order valence-electron chi connectivity index (χ2n) is 7.52. The Kier molecular flexibility index (Phi) is 5.31. The van der Waals surface area contributed by atoms with Crippen molar-refractivity contribution in [2.24, 2.45) is 4.99 Å². The Bertz CT molecular complexity index is 506. The van der Waals surface area contributed by atoms with E-state index in [-0.39, 0.29) is 17.1 Å². The highest BCUT2D eigenvalue weighted by atomic mass is 16.5. The molecule has 0 spiro atoms. The second kappa shape index (κ2) is 6.85. The van der Waals surface area contributed by atoms with Gasteiger partial charge in [-0.2, -0.15) is 0 Å². The Morgan fingerprint density at radius 2 is 1.91 bits per heavy atom. The summed E-state index contributed by atoms with van der Waals surface area (Å²) in [6.07, 6.45) is 6.01. The molecule has 1 aromatic carbocycles. The highest BCUT2D eigenvalue weighted by Gasteiger charge is 2.39. The first-order valence-corrected chi connectivity index (χ1v) is 8.70. The van der Waals surface area contributed by atoms with Crippen LogP contribution >= 0.6 is 0 Å². The van der Waals surface area contributed by atoms with Crippen molar-refractivity contribution in [1.82, 2.24) is 0 Å². The largest absolute Gasteiger partial charge is 0.477 e. The van der Waals surface area contributed by atoms with Gasteiger partial charge >= 0.3 is 0 Å². The van der Waals surface area contributed by atoms with Gasteiger partial charge in [-0.15, -0.1) is 0 Å². The van der Waals surface area contributed by atoms with E-state index in [1.165, 1.54) is 24.8 Å². The Hall–Kier alpha value is -1.31. The minimum absolute atomic E-state index is 0.0339. The molecule has 0 fully saturated rings. The molecule has 1 aromatic rings. The zero-order chi connectivity index (χ0) is 16.2. The average Bonchev–Trinajstić information content (AvgIpc) is 2.46. The molecule has 0 saturated heterocycles. The van der Waals surface area contributed by atoms with Crippen molar-refractivity contribution in [2.45, 2.75) is 83.8 Å². The van der Waals surface area contributed by atoms with Gasteiger partial charge in [0.05, 0.1) is 17.1 Å². The molecule has 122 valence electrons. The molecule has 2 heteroatoms. The SMILES string of the molecule is CCCCCC(C)(C1=NC(C)(C)CC(C)O1)c1ccccc1. The molecular weight excluding hydrogens is 270 g/mol. The van der Waals surface area contributed by atoms with Crippen molar-refractivity contribution in [1.29, 1.82) is 0 Å². The van der Waals surface area contributed by atoms with Gasteiger partial charge in [-0.05, 0) is 39.7 Å². The van der Waals surface area contributed by atoms with Crippen LogP contribution in [0.3, 0.4) is 0 Å². The average molecular weight is 301 g/mol. The smallest absolute Gasteiger partial charge is 0.194 e.